The van der Waals surface area contributed by atoms with Gasteiger partial charge in [0.2, 0.25) is 5.91 Å². The molecule has 2 heterocycles. The van der Waals surface area contributed by atoms with Crippen molar-refractivity contribution in [3.63, 3.8) is 0 Å². The number of rotatable bonds is 9. The van der Waals surface area contributed by atoms with Gasteiger partial charge in [-0.2, -0.15) is 0 Å². The van der Waals surface area contributed by atoms with Crippen molar-refractivity contribution in [2.45, 2.75) is 71.9 Å². The van der Waals surface area contributed by atoms with Crippen molar-refractivity contribution in [1.29, 1.82) is 0 Å². The fourth-order valence-corrected chi connectivity index (χ4v) is 4.63. The number of imide groups is 1. The summed E-state index contributed by atoms with van der Waals surface area (Å²) in [6.07, 6.45) is 0.135. The van der Waals surface area contributed by atoms with Crippen LogP contribution in [0.1, 0.15) is 76.2 Å². The minimum atomic E-state index is -1.05. The van der Waals surface area contributed by atoms with Crippen LogP contribution in [0, 0.1) is 11.3 Å². The zero-order valence-corrected chi connectivity index (χ0v) is 21.0. The molecule has 35 heavy (non-hydrogen) atoms. The van der Waals surface area contributed by atoms with Gasteiger partial charge in [-0.1, -0.05) is 58.0 Å². The summed E-state index contributed by atoms with van der Waals surface area (Å²) in [6.45, 7) is 11.0. The van der Waals surface area contributed by atoms with E-state index in [1.165, 1.54) is 4.90 Å². The Labute approximate surface area is 204 Å². The van der Waals surface area contributed by atoms with Crippen LogP contribution in [-0.4, -0.2) is 51.0 Å². The lowest BCUT2D eigenvalue weighted by atomic mass is 9.80. The molecule has 0 aliphatic carbocycles. The maximum atomic E-state index is 13.2. The Morgan fingerprint density at radius 3 is 2.34 bits per heavy atom. The lowest BCUT2D eigenvalue weighted by Crippen LogP contribution is -2.54. The van der Waals surface area contributed by atoms with Crippen LogP contribution in [0.2, 0.25) is 0 Å². The van der Waals surface area contributed by atoms with Crippen molar-refractivity contribution in [3.8, 4) is 0 Å². The van der Waals surface area contributed by atoms with Crippen molar-refractivity contribution in [2.75, 3.05) is 0 Å². The second-order valence-electron chi connectivity index (χ2n) is 10.8. The highest BCUT2D eigenvalue weighted by atomic mass is 16.5. The van der Waals surface area contributed by atoms with E-state index in [4.69, 9.17) is 10.3 Å². The van der Waals surface area contributed by atoms with Crippen LogP contribution in [0.5, 0.6) is 0 Å². The van der Waals surface area contributed by atoms with Crippen LogP contribution in [0.15, 0.2) is 34.9 Å². The third kappa shape index (κ3) is 5.26. The molecule has 2 aromatic rings. The molecule has 1 aliphatic rings. The first-order chi connectivity index (χ1) is 16.2. The average molecular weight is 484 g/mol. The highest BCUT2D eigenvalue weighted by molar-refractivity contribution is 6.06. The smallest absolute Gasteiger partial charge is 0.325 e. The normalized spacial score (nSPS) is 18.3. The molecule has 10 nitrogen and oxygen atoms in total. The molecule has 1 unspecified atom stereocenters. The van der Waals surface area contributed by atoms with Crippen LogP contribution in [0.4, 0.5) is 4.79 Å². The summed E-state index contributed by atoms with van der Waals surface area (Å²) in [5.41, 5.74) is 5.45. The van der Waals surface area contributed by atoms with E-state index in [0.717, 1.165) is 5.56 Å². The minimum Gasteiger partial charge on any atom is -0.368 e. The number of nitrogens with zero attached hydrogens (tertiary/aromatic N) is 3. The first-order valence-corrected chi connectivity index (χ1v) is 11.6. The van der Waals surface area contributed by atoms with Crippen LogP contribution in [0.3, 0.4) is 0 Å². The number of benzene rings is 1. The topological polar surface area (TPSA) is 148 Å². The van der Waals surface area contributed by atoms with Gasteiger partial charge in [0, 0.05) is 11.7 Å². The molecule has 10 heteroatoms. The Morgan fingerprint density at radius 1 is 1.14 bits per heavy atom. The van der Waals surface area contributed by atoms with Gasteiger partial charge in [0.1, 0.15) is 12.1 Å². The monoisotopic (exact) mass is 483 g/mol. The van der Waals surface area contributed by atoms with E-state index < -0.39 is 40.8 Å². The number of hydrogen-bond acceptors (Lipinski definition) is 7. The molecule has 1 aromatic heterocycles. The van der Waals surface area contributed by atoms with Gasteiger partial charge in [0.15, 0.2) is 17.2 Å². The Hall–Kier alpha value is -3.56. The van der Waals surface area contributed by atoms with Crippen molar-refractivity contribution in [3.05, 3.63) is 47.3 Å². The van der Waals surface area contributed by atoms with Gasteiger partial charge in [0.25, 0.3) is 5.91 Å². The predicted octanol–water partition coefficient (Wildman–Crippen LogP) is 2.81. The summed E-state index contributed by atoms with van der Waals surface area (Å²) < 4.78 is 5.41. The lowest BCUT2D eigenvalue weighted by Gasteiger charge is -2.36. The maximum Gasteiger partial charge on any atom is 0.325 e. The number of ketones is 1. The van der Waals surface area contributed by atoms with E-state index in [-0.39, 0.29) is 30.2 Å². The summed E-state index contributed by atoms with van der Waals surface area (Å²) in [4.78, 5) is 51.8. The summed E-state index contributed by atoms with van der Waals surface area (Å²) >= 11 is 0. The zero-order chi connectivity index (χ0) is 26.1. The number of carbonyl (C=O) groups excluding carboxylic acids is 4. The van der Waals surface area contributed by atoms with Crippen LogP contribution >= 0.6 is 0 Å². The maximum absolute atomic E-state index is 13.2. The summed E-state index contributed by atoms with van der Waals surface area (Å²) in [6, 6.07) is 7.01. The SMILES string of the molecule is C[C@H](CC(=O)c1nnoc1C(C)(C)c1ccccc1)CC(C(N)=O)N1C(=O)NC(=O)[C@@H]1C(C)(C)C. The standard InChI is InChI=1S/C25H33N5O5/c1-14(12-16(21(26)32)30-19(24(2,3)4)22(33)27-23(30)34)13-17(31)18-20(35-29-28-18)25(5,6)15-10-8-7-9-11-15/h7-11,14,16,19H,12-13H2,1-6H3,(H2,26,32)(H,27,33,34)/t14-,16?,19+/m0/s1. The second-order valence-corrected chi connectivity index (χ2v) is 10.8. The Kier molecular flexibility index (Phi) is 7.14. The van der Waals surface area contributed by atoms with Crippen LogP contribution in [-0.2, 0) is 15.0 Å². The Balaban J connectivity index is 1.79. The zero-order valence-electron chi connectivity index (χ0n) is 21.0. The number of aromatic nitrogens is 2. The minimum absolute atomic E-state index is 0.0272. The van der Waals surface area contributed by atoms with E-state index in [9.17, 15) is 19.2 Å². The molecule has 1 aromatic carbocycles. The van der Waals surface area contributed by atoms with Crippen LogP contribution in [0.25, 0.3) is 0 Å². The molecule has 0 saturated carbocycles. The van der Waals surface area contributed by atoms with Gasteiger partial charge in [-0.05, 0) is 37.2 Å². The lowest BCUT2D eigenvalue weighted by molar-refractivity contribution is -0.128. The van der Waals surface area contributed by atoms with Crippen molar-refractivity contribution in [2.24, 2.45) is 17.1 Å². The van der Waals surface area contributed by atoms with E-state index in [1.54, 1.807) is 27.7 Å². The molecule has 1 saturated heterocycles. The first kappa shape index (κ1) is 26.1. The molecule has 3 atom stereocenters. The molecular formula is C25H33N5O5. The highest BCUT2D eigenvalue weighted by Crippen LogP contribution is 2.34. The molecule has 4 amide bonds. The Morgan fingerprint density at radius 2 is 1.77 bits per heavy atom. The summed E-state index contributed by atoms with van der Waals surface area (Å²) in [7, 11) is 0. The second kappa shape index (κ2) is 9.59. The van der Waals surface area contributed by atoms with Gasteiger partial charge in [-0.3, -0.25) is 24.6 Å². The summed E-state index contributed by atoms with van der Waals surface area (Å²) in [5.74, 6) is -1.51. The fourth-order valence-electron chi connectivity index (χ4n) is 4.63. The average Bonchev–Trinajstić information content (AvgIpc) is 3.37. The third-order valence-electron chi connectivity index (χ3n) is 6.45. The van der Waals surface area contributed by atoms with E-state index >= 15 is 0 Å². The fraction of sp³-hybridized carbons (Fsp3) is 0.520. The van der Waals surface area contributed by atoms with Crippen molar-refractivity contribution >= 4 is 23.6 Å². The van der Waals surface area contributed by atoms with Crippen molar-refractivity contribution < 1.29 is 23.7 Å². The largest absolute Gasteiger partial charge is 0.368 e. The van der Waals surface area contributed by atoms with E-state index in [0.29, 0.717) is 5.76 Å². The van der Waals surface area contributed by atoms with Crippen molar-refractivity contribution in [1.82, 2.24) is 20.6 Å². The quantitative estimate of drug-likeness (QED) is 0.411. The molecule has 3 rings (SSSR count). The first-order valence-electron chi connectivity index (χ1n) is 11.6. The molecular weight excluding hydrogens is 450 g/mol. The number of hydrogen-bond donors (Lipinski definition) is 2. The van der Waals surface area contributed by atoms with Gasteiger partial charge in [-0.25, -0.2) is 4.79 Å². The number of nitrogens with one attached hydrogen (secondary N) is 1. The van der Waals surface area contributed by atoms with Gasteiger partial charge < -0.3 is 10.3 Å². The number of Topliss-reactive ketones (excluding diaryl/α,β-unsaturated/α-hetero) is 1. The van der Waals surface area contributed by atoms with Gasteiger partial charge >= 0.3 is 6.03 Å². The molecule has 0 bridgehead atoms. The number of nitrogens with two attached hydrogens (primary N) is 1. The number of amides is 4. The number of primary amides is 1. The molecule has 0 radical (unpaired) electrons. The van der Waals surface area contributed by atoms with E-state index in [1.807, 2.05) is 44.2 Å². The highest BCUT2D eigenvalue weighted by Gasteiger charge is 2.49. The molecule has 188 valence electrons. The number of carbonyl (C=O) groups is 4. The number of urea groups is 1. The predicted molar refractivity (Wildman–Crippen MR) is 127 cm³/mol. The van der Waals surface area contributed by atoms with E-state index in [2.05, 4.69) is 15.7 Å². The van der Waals surface area contributed by atoms with Gasteiger partial charge in [-0.15, -0.1) is 5.10 Å². The summed E-state index contributed by atoms with van der Waals surface area (Å²) in [5, 5.41) is 9.85. The van der Waals surface area contributed by atoms with Crippen LogP contribution < -0.4 is 11.1 Å². The Bertz CT molecular complexity index is 1120. The molecule has 0 spiro atoms. The van der Waals surface area contributed by atoms with Gasteiger partial charge in [0.05, 0.1) is 5.41 Å². The molecule has 1 fully saturated rings. The third-order valence-corrected chi connectivity index (χ3v) is 6.45. The molecule has 3 N–H and O–H groups in total. The molecule has 1 aliphatic heterocycles.